The summed E-state index contributed by atoms with van der Waals surface area (Å²) in [6.45, 7) is 8.25. The van der Waals surface area contributed by atoms with Crippen LogP contribution < -0.4 is 19.2 Å². The quantitative estimate of drug-likeness (QED) is 0.271. The number of hydrazone groups is 1. The van der Waals surface area contributed by atoms with E-state index >= 15 is 0 Å². The van der Waals surface area contributed by atoms with Crippen molar-refractivity contribution in [1.82, 2.24) is 5.43 Å². The number of benzene rings is 3. The minimum atomic E-state index is -4.00. The lowest BCUT2D eigenvalue weighted by Crippen LogP contribution is -2.40. The molecule has 0 aliphatic heterocycles. The van der Waals surface area contributed by atoms with Crippen molar-refractivity contribution in [3.05, 3.63) is 83.4 Å². The maximum absolute atomic E-state index is 13.5. The maximum Gasteiger partial charge on any atom is 0.264 e. The van der Waals surface area contributed by atoms with Crippen LogP contribution in [0, 0.1) is 13.8 Å². The Kier molecular flexibility index (Phi) is 9.68. The van der Waals surface area contributed by atoms with Crippen LogP contribution in [0.25, 0.3) is 0 Å². The summed E-state index contributed by atoms with van der Waals surface area (Å²) in [5.74, 6) is 0.644. The van der Waals surface area contributed by atoms with Gasteiger partial charge in [0.15, 0.2) is 11.5 Å². The van der Waals surface area contributed by atoms with Crippen LogP contribution in [0.4, 0.5) is 5.69 Å². The number of hydrogen-bond acceptors (Lipinski definition) is 6. The van der Waals surface area contributed by atoms with Gasteiger partial charge in [-0.3, -0.25) is 9.10 Å². The van der Waals surface area contributed by atoms with E-state index in [0.29, 0.717) is 36.0 Å². The van der Waals surface area contributed by atoms with E-state index in [0.717, 1.165) is 21.9 Å². The highest BCUT2D eigenvalue weighted by atomic mass is 32.2. The fourth-order valence-corrected chi connectivity index (χ4v) is 5.07. The van der Waals surface area contributed by atoms with Crippen molar-refractivity contribution in [1.29, 1.82) is 0 Å². The summed E-state index contributed by atoms with van der Waals surface area (Å²) in [6.07, 6.45) is 2.35. The summed E-state index contributed by atoms with van der Waals surface area (Å²) in [7, 11) is -4.00. The van der Waals surface area contributed by atoms with Crippen molar-refractivity contribution in [3.8, 4) is 11.5 Å². The molecule has 0 saturated heterocycles. The zero-order valence-electron chi connectivity index (χ0n) is 21.6. The second-order valence-electron chi connectivity index (χ2n) is 8.32. The number of aryl methyl sites for hydroxylation is 1. The molecule has 0 radical (unpaired) electrons. The van der Waals surface area contributed by atoms with Crippen molar-refractivity contribution >= 4 is 27.8 Å². The van der Waals surface area contributed by atoms with Crippen LogP contribution in [0.5, 0.6) is 11.5 Å². The molecule has 0 bridgehead atoms. The zero-order valence-corrected chi connectivity index (χ0v) is 22.4. The van der Waals surface area contributed by atoms with Crippen molar-refractivity contribution in [2.75, 3.05) is 24.1 Å². The molecule has 0 aromatic heterocycles. The van der Waals surface area contributed by atoms with Gasteiger partial charge in [-0.1, -0.05) is 37.3 Å². The Hall–Kier alpha value is -3.85. The van der Waals surface area contributed by atoms with Gasteiger partial charge >= 0.3 is 0 Å². The monoisotopic (exact) mass is 523 g/mol. The summed E-state index contributed by atoms with van der Waals surface area (Å²) in [5.41, 5.74) is 5.26. The molecular weight excluding hydrogens is 490 g/mol. The SMILES string of the molecule is CCCOc1ccc(/C=N\NC(=O)CN(c2cccc(C)c2C)S(=O)(=O)c2ccccc2)cc1OCC. The molecule has 0 fully saturated rings. The zero-order chi connectivity index (χ0) is 26.8. The van der Waals surface area contributed by atoms with E-state index in [1.54, 1.807) is 48.5 Å². The van der Waals surface area contributed by atoms with Crippen molar-refractivity contribution in [2.24, 2.45) is 5.10 Å². The number of amides is 1. The molecule has 0 unspecified atom stereocenters. The van der Waals surface area contributed by atoms with Crippen LogP contribution in [-0.2, 0) is 14.8 Å². The van der Waals surface area contributed by atoms with Gasteiger partial charge in [-0.25, -0.2) is 13.8 Å². The number of carbonyl (C=O) groups is 1. The van der Waals surface area contributed by atoms with Gasteiger partial charge in [0.05, 0.1) is 30.0 Å². The molecule has 3 rings (SSSR count). The number of anilines is 1. The third-order valence-corrected chi connectivity index (χ3v) is 7.37. The van der Waals surface area contributed by atoms with Gasteiger partial charge in [-0.05, 0) is 80.3 Å². The fourth-order valence-electron chi connectivity index (χ4n) is 3.57. The Morgan fingerprint density at radius 1 is 0.973 bits per heavy atom. The highest BCUT2D eigenvalue weighted by molar-refractivity contribution is 7.92. The van der Waals surface area contributed by atoms with Crippen LogP contribution in [0.2, 0.25) is 0 Å². The molecule has 196 valence electrons. The van der Waals surface area contributed by atoms with Gasteiger partial charge in [0.25, 0.3) is 15.9 Å². The molecule has 3 aromatic rings. The Labute approximate surface area is 219 Å². The molecule has 0 aliphatic rings. The minimum absolute atomic E-state index is 0.0982. The standard InChI is InChI=1S/C28H33N3O5S/c1-5-17-36-26-16-15-23(18-27(26)35-6-2)19-29-30-28(32)20-31(25-14-10-11-21(3)22(25)4)37(33,34)24-12-8-7-9-13-24/h7-16,18-19H,5-6,17,20H2,1-4H3,(H,30,32)/b29-19-. The van der Waals surface area contributed by atoms with Crippen LogP contribution >= 0.6 is 0 Å². The van der Waals surface area contributed by atoms with E-state index < -0.39 is 22.5 Å². The molecule has 8 nitrogen and oxygen atoms in total. The molecule has 0 atom stereocenters. The molecular formula is C28H33N3O5S. The minimum Gasteiger partial charge on any atom is -0.490 e. The van der Waals surface area contributed by atoms with Crippen LogP contribution in [-0.4, -0.2) is 40.3 Å². The van der Waals surface area contributed by atoms with Gasteiger partial charge in [0, 0.05) is 0 Å². The molecule has 1 N–H and O–H groups in total. The first kappa shape index (κ1) is 27.7. The smallest absolute Gasteiger partial charge is 0.264 e. The van der Waals surface area contributed by atoms with Crippen LogP contribution in [0.15, 0.2) is 76.7 Å². The maximum atomic E-state index is 13.5. The lowest BCUT2D eigenvalue weighted by molar-refractivity contribution is -0.119. The van der Waals surface area contributed by atoms with Gasteiger partial charge in [0.1, 0.15) is 6.54 Å². The van der Waals surface area contributed by atoms with E-state index in [1.165, 1.54) is 18.3 Å². The normalized spacial score (nSPS) is 11.4. The predicted octanol–water partition coefficient (Wildman–Crippen LogP) is 4.84. The van der Waals surface area contributed by atoms with Crippen molar-refractivity contribution in [2.45, 2.75) is 39.0 Å². The lowest BCUT2D eigenvalue weighted by atomic mass is 10.1. The highest BCUT2D eigenvalue weighted by Gasteiger charge is 2.28. The van der Waals surface area contributed by atoms with Gasteiger partial charge < -0.3 is 9.47 Å². The summed E-state index contributed by atoms with van der Waals surface area (Å²) < 4.78 is 39.5. The number of sulfonamides is 1. The van der Waals surface area contributed by atoms with Crippen molar-refractivity contribution in [3.63, 3.8) is 0 Å². The van der Waals surface area contributed by atoms with E-state index in [9.17, 15) is 13.2 Å². The van der Waals surface area contributed by atoms with Crippen LogP contribution in [0.3, 0.4) is 0 Å². The second kappa shape index (κ2) is 12.9. The number of nitrogens with zero attached hydrogens (tertiary/aromatic N) is 2. The van der Waals surface area contributed by atoms with E-state index in [-0.39, 0.29) is 4.90 Å². The molecule has 0 aliphatic carbocycles. The Balaban J connectivity index is 1.81. The van der Waals surface area contributed by atoms with Gasteiger partial charge in [-0.2, -0.15) is 5.10 Å². The lowest BCUT2D eigenvalue weighted by Gasteiger charge is -2.26. The van der Waals surface area contributed by atoms with Crippen molar-refractivity contribution < 1.29 is 22.7 Å². The predicted molar refractivity (Wildman–Crippen MR) is 146 cm³/mol. The van der Waals surface area contributed by atoms with E-state index in [4.69, 9.17) is 9.47 Å². The largest absolute Gasteiger partial charge is 0.490 e. The van der Waals surface area contributed by atoms with Crippen LogP contribution in [0.1, 0.15) is 37.0 Å². The molecule has 0 heterocycles. The molecule has 0 spiro atoms. The molecule has 3 aromatic carbocycles. The molecule has 9 heteroatoms. The number of ether oxygens (including phenoxy) is 2. The Morgan fingerprint density at radius 2 is 1.73 bits per heavy atom. The third-order valence-electron chi connectivity index (χ3n) is 5.60. The topological polar surface area (TPSA) is 97.3 Å². The first-order valence-corrected chi connectivity index (χ1v) is 13.6. The first-order valence-electron chi connectivity index (χ1n) is 12.1. The van der Waals surface area contributed by atoms with E-state index in [2.05, 4.69) is 10.5 Å². The average Bonchev–Trinajstić information content (AvgIpc) is 2.89. The summed E-state index contributed by atoms with van der Waals surface area (Å²) >= 11 is 0. The van der Waals surface area contributed by atoms with Gasteiger partial charge in [-0.15, -0.1) is 0 Å². The Bertz CT molecular complexity index is 1340. The fraction of sp³-hybridized carbons (Fsp3) is 0.286. The number of hydrogen-bond donors (Lipinski definition) is 1. The number of rotatable bonds is 12. The first-order chi connectivity index (χ1) is 17.8. The molecule has 0 saturated carbocycles. The summed E-state index contributed by atoms with van der Waals surface area (Å²) in [5, 5.41) is 4.03. The summed E-state index contributed by atoms with van der Waals surface area (Å²) in [6, 6.07) is 18.8. The van der Waals surface area contributed by atoms with E-state index in [1.807, 2.05) is 33.8 Å². The average molecular weight is 524 g/mol. The summed E-state index contributed by atoms with van der Waals surface area (Å²) in [4.78, 5) is 13.0. The highest BCUT2D eigenvalue weighted by Crippen LogP contribution is 2.29. The number of carbonyl (C=O) groups excluding carboxylic acids is 1. The molecule has 1 amide bonds. The second-order valence-corrected chi connectivity index (χ2v) is 10.2. The third kappa shape index (κ3) is 7.10. The van der Waals surface area contributed by atoms with Gasteiger partial charge in [0.2, 0.25) is 0 Å². The Morgan fingerprint density at radius 3 is 2.43 bits per heavy atom. The molecule has 37 heavy (non-hydrogen) atoms. The number of nitrogens with one attached hydrogen (secondary N) is 1.